The van der Waals surface area contributed by atoms with Crippen LogP contribution in [0.15, 0.2) is 35.4 Å². The summed E-state index contributed by atoms with van der Waals surface area (Å²) in [5.74, 6) is -0.684. The fourth-order valence-corrected chi connectivity index (χ4v) is 4.90. The quantitative estimate of drug-likeness (QED) is 0.431. The Bertz CT molecular complexity index is 1160. The van der Waals surface area contributed by atoms with Crippen LogP contribution in [0.3, 0.4) is 0 Å². The molecular weight excluding hydrogens is 468 g/mol. The third-order valence-electron chi connectivity index (χ3n) is 5.52. The van der Waals surface area contributed by atoms with E-state index in [1.54, 1.807) is 24.3 Å². The van der Waals surface area contributed by atoms with Crippen molar-refractivity contribution in [2.75, 3.05) is 37.7 Å². The average Bonchev–Trinajstić information content (AvgIpc) is 2.89. The summed E-state index contributed by atoms with van der Waals surface area (Å²) in [6, 6.07) is 13.4. The highest BCUT2D eigenvalue weighted by molar-refractivity contribution is 8.00. The lowest BCUT2D eigenvalue weighted by Crippen LogP contribution is -2.48. The Morgan fingerprint density at radius 3 is 2.63 bits per heavy atom. The Morgan fingerprint density at radius 2 is 2.03 bits per heavy atom. The molecule has 1 aromatic heterocycles. The van der Waals surface area contributed by atoms with Gasteiger partial charge in [-0.15, -0.1) is 0 Å². The molecule has 0 aliphatic carbocycles. The van der Waals surface area contributed by atoms with Crippen LogP contribution in [-0.4, -0.2) is 60.9 Å². The van der Waals surface area contributed by atoms with Gasteiger partial charge in [-0.1, -0.05) is 49.0 Å². The number of morpholine rings is 1. The highest BCUT2D eigenvalue weighted by Crippen LogP contribution is 2.39. The maximum absolute atomic E-state index is 12.3. The second-order valence-corrected chi connectivity index (χ2v) is 8.85. The third-order valence-corrected chi connectivity index (χ3v) is 6.78. The van der Waals surface area contributed by atoms with Gasteiger partial charge in [0, 0.05) is 19.6 Å². The zero-order valence-electron chi connectivity index (χ0n) is 19.2. The zero-order chi connectivity index (χ0) is 25.4. The van der Waals surface area contributed by atoms with E-state index in [2.05, 4.69) is 17.5 Å². The van der Waals surface area contributed by atoms with Gasteiger partial charge in [0.2, 0.25) is 11.8 Å². The highest BCUT2D eigenvalue weighted by atomic mass is 32.2. The zero-order valence-corrected chi connectivity index (χ0v) is 20.0. The predicted molar refractivity (Wildman–Crippen MR) is 129 cm³/mol. The number of nitrogens with one attached hydrogen (secondary N) is 1. The first-order valence-electron chi connectivity index (χ1n) is 11.1. The summed E-state index contributed by atoms with van der Waals surface area (Å²) >= 11 is 1.09. The lowest BCUT2D eigenvalue weighted by Gasteiger charge is -2.35. The number of carbonyl (C=O) groups is 2. The third kappa shape index (κ3) is 6.08. The van der Waals surface area contributed by atoms with Crippen LogP contribution in [0.5, 0.6) is 0 Å². The number of ether oxygens (including phenoxy) is 1. The first-order valence-corrected chi connectivity index (χ1v) is 11.9. The van der Waals surface area contributed by atoms with Gasteiger partial charge in [0.15, 0.2) is 0 Å². The van der Waals surface area contributed by atoms with Crippen LogP contribution in [0.25, 0.3) is 0 Å². The fourth-order valence-electron chi connectivity index (χ4n) is 3.85. The summed E-state index contributed by atoms with van der Waals surface area (Å²) < 4.78 is 5.72. The maximum atomic E-state index is 12.3. The molecule has 11 heteroatoms. The SMILES string of the molecule is CCc1c(C#N)c(S[C@@H](C(N)=O)c2ccccc2)nc(N2CCOC(CNC(=O)CO)C2)c1C#N. The smallest absolute Gasteiger partial charge is 0.245 e. The van der Waals surface area contributed by atoms with Gasteiger partial charge in [-0.2, -0.15) is 10.5 Å². The number of nitrogens with zero attached hydrogens (tertiary/aromatic N) is 4. The molecule has 10 nitrogen and oxygen atoms in total. The number of hydrogen-bond acceptors (Lipinski definition) is 9. The van der Waals surface area contributed by atoms with E-state index in [0.29, 0.717) is 53.7 Å². The van der Waals surface area contributed by atoms with Crippen LogP contribution in [0, 0.1) is 22.7 Å². The van der Waals surface area contributed by atoms with Crippen molar-refractivity contribution in [1.82, 2.24) is 10.3 Å². The normalized spacial score (nSPS) is 16.1. The molecule has 0 spiro atoms. The maximum Gasteiger partial charge on any atom is 0.245 e. The molecule has 1 saturated heterocycles. The molecule has 2 atom stereocenters. The lowest BCUT2D eigenvalue weighted by molar-refractivity contribution is -0.124. The van der Waals surface area contributed by atoms with E-state index in [4.69, 9.17) is 20.6 Å². The van der Waals surface area contributed by atoms with Gasteiger partial charge in [-0.3, -0.25) is 9.59 Å². The van der Waals surface area contributed by atoms with Gasteiger partial charge >= 0.3 is 0 Å². The highest BCUT2D eigenvalue weighted by Gasteiger charge is 2.29. The van der Waals surface area contributed by atoms with Crippen LogP contribution in [-0.2, 0) is 20.7 Å². The first-order chi connectivity index (χ1) is 16.9. The molecule has 1 aliphatic heterocycles. The minimum Gasteiger partial charge on any atom is -0.387 e. The van der Waals surface area contributed by atoms with Crippen molar-refractivity contribution in [2.45, 2.75) is 29.7 Å². The van der Waals surface area contributed by atoms with Crippen molar-refractivity contribution in [3.05, 3.63) is 52.6 Å². The van der Waals surface area contributed by atoms with Crippen molar-refractivity contribution in [3.8, 4) is 12.1 Å². The number of nitriles is 2. The molecule has 1 fully saturated rings. The van der Waals surface area contributed by atoms with Crippen molar-refractivity contribution in [2.24, 2.45) is 5.73 Å². The monoisotopic (exact) mass is 494 g/mol. The number of amides is 2. The van der Waals surface area contributed by atoms with Crippen molar-refractivity contribution >= 4 is 29.4 Å². The van der Waals surface area contributed by atoms with Crippen LogP contribution < -0.4 is 16.0 Å². The van der Waals surface area contributed by atoms with Gasteiger partial charge in [-0.25, -0.2) is 4.98 Å². The molecule has 0 bridgehead atoms. The van der Waals surface area contributed by atoms with E-state index in [9.17, 15) is 20.1 Å². The van der Waals surface area contributed by atoms with Gasteiger partial charge in [0.1, 0.15) is 34.8 Å². The van der Waals surface area contributed by atoms with Gasteiger partial charge < -0.3 is 25.8 Å². The van der Waals surface area contributed by atoms with E-state index < -0.39 is 23.7 Å². The molecule has 1 unspecified atom stereocenters. The molecule has 1 aliphatic rings. The van der Waals surface area contributed by atoms with Crippen molar-refractivity contribution in [1.29, 1.82) is 10.5 Å². The molecular formula is C24H26N6O4S. The molecule has 3 rings (SSSR count). The summed E-state index contributed by atoms with van der Waals surface area (Å²) in [6.07, 6.45) is 0.0361. The molecule has 2 heterocycles. The number of pyridine rings is 1. The van der Waals surface area contributed by atoms with Gasteiger partial charge in [-0.05, 0) is 17.5 Å². The molecule has 2 aromatic rings. The topological polar surface area (TPSA) is 165 Å². The van der Waals surface area contributed by atoms with E-state index >= 15 is 0 Å². The Balaban J connectivity index is 2.02. The number of anilines is 1. The molecule has 1 aromatic carbocycles. The average molecular weight is 495 g/mol. The van der Waals surface area contributed by atoms with Gasteiger partial charge in [0.25, 0.3) is 0 Å². The van der Waals surface area contributed by atoms with Gasteiger partial charge in [0.05, 0.1) is 23.8 Å². The Hall–Kier alpha value is -3.64. The van der Waals surface area contributed by atoms with Crippen LogP contribution in [0.4, 0.5) is 5.82 Å². The molecule has 0 radical (unpaired) electrons. The summed E-state index contributed by atoms with van der Waals surface area (Å²) in [4.78, 5) is 30.3. The number of benzene rings is 1. The van der Waals surface area contributed by atoms with E-state index in [1.807, 2.05) is 17.9 Å². The molecule has 2 amide bonds. The van der Waals surface area contributed by atoms with E-state index in [1.165, 1.54) is 0 Å². The number of aliphatic hydroxyl groups is 1. The number of primary amides is 1. The second kappa shape index (κ2) is 12.2. The Kier molecular flexibility index (Phi) is 9.04. The predicted octanol–water partition coefficient (Wildman–Crippen LogP) is 1.02. The second-order valence-electron chi connectivity index (χ2n) is 7.76. The number of rotatable bonds is 9. The fraction of sp³-hybridized carbons (Fsp3) is 0.375. The van der Waals surface area contributed by atoms with Crippen LogP contribution in [0.2, 0.25) is 0 Å². The standard InChI is InChI=1S/C24H26N6O4S/c1-2-17-18(10-25)23(30-8-9-34-16(13-30)12-28-20(32)14-31)29-24(19(17)11-26)35-21(22(27)33)15-6-4-3-5-7-15/h3-7,16,21,31H,2,8-9,12-14H2,1H3,(H2,27,33)(H,28,32)/t16?,21-/m1/s1. The van der Waals surface area contributed by atoms with Crippen LogP contribution in [0.1, 0.15) is 34.4 Å². The van der Waals surface area contributed by atoms with Crippen LogP contribution >= 0.6 is 11.8 Å². The first kappa shape index (κ1) is 26.0. The van der Waals surface area contributed by atoms with E-state index in [-0.39, 0.29) is 18.2 Å². The molecule has 182 valence electrons. The molecule has 0 saturated carbocycles. The van der Waals surface area contributed by atoms with E-state index in [0.717, 1.165) is 11.8 Å². The molecule has 35 heavy (non-hydrogen) atoms. The number of hydrogen-bond donors (Lipinski definition) is 3. The number of thioether (sulfide) groups is 1. The number of nitrogens with two attached hydrogens (primary N) is 1. The number of carbonyl (C=O) groups excluding carboxylic acids is 2. The van der Waals surface area contributed by atoms with Crippen molar-refractivity contribution in [3.63, 3.8) is 0 Å². The summed E-state index contributed by atoms with van der Waals surface area (Å²) in [5, 5.41) is 31.0. The number of aromatic nitrogens is 1. The Morgan fingerprint density at radius 1 is 1.31 bits per heavy atom. The largest absolute Gasteiger partial charge is 0.387 e. The summed E-state index contributed by atoms with van der Waals surface area (Å²) in [6.45, 7) is 2.55. The Labute approximate surface area is 207 Å². The minimum absolute atomic E-state index is 0.189. The summed E-state index contributed by atoms with van der Waals surface area (Å²) in [5.41, 5.74) is 7.48. The number of aliphatic hydroxyl groups excluding tert-OH is 1. The molecule has 4 N–H and O–H groups in total. The minimum atomic E-state index is -0.771. The summed E-state index contributed by atoms with van der Waals surface area (Å²) in [7, 11) is 0. The van der Waals surface area contributed by atoms with Crippen molar-refractivity contribution < 1.29 is 19.4 Å². The lowest BCUT2D eigenvalue weighted by atomic mass is 10.0.